The maximum absolute atomic E-state index is 10.5. The van der Waals surface area contributed by atoms with E-state index >= 15 is 0 Å². The van der Waals surface area contributed by atoms with Crippen LogP contribution in [0.5, 0.6) is 0 Å². The van der Waals surface area contributed by atoms with Crippen LogP contribution in [0.1, 0.15) is 0 Å². The van der Waals surface area contributed by atoms with Crippen molar-refractivity contribution in [2.75, 3.05) is 27.2 Å². The van der Waals surface area contributed by atoms with Crippen molar-refractivity contribution in [3.63, 3.8) is 0 Å². The summed E-state index contributed by atoms with van der Waals surface area (Å²) in [4.78, 5) is 12.2. The van der Waals surface area contributed by atoms with Gasteiger partial charge in [-0.1, -0.05) is 0 Å². The van der Waals surface area contributed by atoms with E-state index in [2.05, 4.69) is 0 Å². The molecule has 10 heavy (non-hydrogen) atoms. The van der Waals surface area contributed by atoms with E-state index in [9.17, 15) is 4.79 Å². The van der Waals surface area contributed by atoms with Gasteiger partial charge in [-0.25, -0.2) is 4.79 Å². The molecule has 1 aliphatic rings. The number of amidine groups is 1. The highest BCUT2D eigenvalue weighted by molar-refractivity contribution is 6.32. The Bertz CT molecular complexity index is 198. The Morgan fingerprint density at radius 2 is 2.40 bits per heavy atom. The summed E-state index contributed by atoms with van der Waals surface area (Å²) in [7, 11) is 3.57. The highest BCUT2D eigenvalue weighted by Gasteiger charge is 2.30. The Morgan fingerprint density at radius 3 is 2.60 bits per heavy atom. The third kappa shape index (κ3) is 0.964. The van der Waals surface area contributed by atoms with Gasteiger partial charge in [-0.3, -0.25) is 9.48 Å². The summed E-state index contributed by atoms with van der Waals surface area (Å²) < 4.78 is 1.74. The number of carboxylic acids is 1. The van der Waals surface area contributed by atoms with Crippen molar-refractivity contribution in [3.05, 3.63) is 0 Å². The van der Waals surface area contributed by atoms with Gasteiger partial charge in [0.1, 0.15) is 13.1 Å². The lowest BCUT2D eigenvalue weighted by atomic mass is 10.5. The fourth-order valence-corrected chi connectivity index (χ4v) is 1.13. The van der Waals surface area contributed by atoms with Crippen LogP contribution in [0.15, 0.2) is 0 Å². The normalized spacial score (nSPS) is 18.4. The number of likely N-dealkylation sites (N-methyl/N-ethyl adjacent to an activating group) is 2. The van der Waals surface area contributed by atoms with Gasteiger partial charge in [0.2, 0.25) is 0 Å². The first kappa shape index (κ1) is 7.05. The van der Waals surface area contributed by atoms with E-state index in [1.807, 2.05) is 0 Å². The zero-order valence-corrected chi connectivity index (χ0v) is 6.16. The van der Waals surface area contributed by atoms with Crippen LogP contribution in [0.2, 0.25) is 0 Å². The molecule has 0 unspecified atom stereocenters. The monoisotopic (exact) mass is 143 g/mol. The van der Waals surface area contributed by atoms with Gasteiger partial charge in [-0.2, -0.15) is 0 Å². The van der Waals surface area contributed by atoms with Crippen LogP contribution in [0.3, 0.4) is 0 Å². The molecule has 1 heterocycles. The van der Waals surface area contributed by atoms with E-state index in [0.29, 0.717) is 5.84 Å². The van der Waals surface area contributed by atoms with Crippen molar-refractivity contribution in [1.29, 1.82) is 0 Å². The second-order valence-corrected chi connectivity index (χ2v) is 2.47. The van der Waals surface area contributed by atoms with Gasteiger partial charge in [0.05, 0.1) is 14.1 Å². The second-order valence-electron chi connectivity index (χ2n) is 2.47. The minimum atomic E-state index is -0.845. The lowest BCUT2D eigenvalue weighted by Gasteiger charge is -1.99. The summed E-state index contributed by atoms with van der Waals surface area (Å²) in [5.74, 6) is -0.456. The molecule has 0 fully saturated rings. The molecule has 0 spiro atoms. The van der Waals surface area contributed by atoms with Crippen LogP contribution in [-0.2, 0) is 4.79 Å². The molecule has 1 rings (SSSR count). The van der Waals surface area contributed by atoms with Crippen molar-refractivity contribution in [2.45, 2.75) is 0 Å². The zero-order valence-electron chi connectivity index (χ0n) is 6.16. The molecule has 0 saturated carbocycles. The fraction of sp³-hybridized carbons (Fsp3) is 0.667. The van der Waals surface area contributed by atoms with E-state index in [0.717, 1.165) is 13.1 Å². The Morgan fingerprint density at radius 1 is 1.80 bits per heavy atom. The summed E-state index contributed by atoms with van der Waals surface area (Å²) in [5, 5.41) is 8.63. The number of nitrogens with zero attached hydrogens (tertiary/aromatic N) is 2. The van der Waals surface area contributed by atoms with Crippen molar-refractivity contribution in [1.82, 2.24) is 4.90 Å². The van der Waals surface area contributed by atoms with Gasteiger partial charge < -0.3 is 5.11 Å². The highest BCUT2D eigenvalue weighted by atomic mass is 16.4. The third-order valence-corrected chi connectivity index (χ3v) is 1.69. The predicted molar refractivity (Wildman–Crippen MR) is 36.3 cm³/mol. The van der Waals surface area contributed by atoms with Crippen LogP contribution >= 0.6 is 0 Å². The standard InChI is InChI=1S/C6H10N2O2/c1-7-3-4-8(2)5(7)6(9)10/h3-4H2,1-2H3/p+1. The van der Waals surface area contributed by atoms with E-state index in [4.69, 9.17) is 5.11 Å². The number of hydrogen-bond donors (Lipinski definition) is 1. The van der Waals surface area contributed by atoms with Gasteiger partial charge in [0.25, 0.3) is 0 Å². The van der Waals surface area contributed by atoms with Crippen molar-refractivity contribution in [2.24, 2.45) is 0 Å². The Balaban J connectivity index is 2.88. The smallest absolute Gasteiger partial charge is 0.418 e. The first-order valence-electron chi connectivity index (χ1n) is 3.15. The van der Waals surface area contributed by atoms with Crippen molar-refractivity contribution in [3.8, 4) is 0 Å². The average Bonchev–Trinajstić information content (AvgIpc) is 2.11. The van der Waals surface area contributed by atoms with Crippen molar-refractivity contribution >= 4 is 11.8 Å². The van der Waals surface area contributed by atoms with E-state index in [1.54, 1.807) is 23.6 Å². The number of carboxylic acid groups (broad SMARTS) is 1. The maximum atomic E-state index is 10.5. The molecule has 0 aliphatic carbocycles. The second kappa shape index (κ2) is 2.28. The SMILES string of the molecule is CN1CC[N+](C)=C1C(=O)O. The average molecular weight is 143 g/mol. The molecule has 0 aromatic rings. The molecule has 4 heteroatoms. The van der Waals surface area contributed by atoms with Gasteiger partial charge in [0, 0.05) is 0 Å². The molecule has 1 N–H and O–H groups in total. The summed E-state index contributed by atoms with van der Waals surface area (Å²) in [6.07, 6.45) is 0. The van der Waals surface area contributed by atoms with Crippen LogP contribution in [0.25, 0.3) is 0 Å². The largest absolute Gasteiger partial charge is 0.472 e. The van der Waals surface area contributed by atoms with E-state index in [1.165, 1.54) is 0 Å². The minimum absolute atomic E-state index is 0.389. The Hall–Kier alpha value is -1.06. The maximum Gasteiger partial charge on any atom is 0.418 e. The van der Waals surface area contributed by atoms with E-state index in [-0.39, 0.29) is 0 Å². The zero-order chi connectivity index (χ0) is 7.72. The quantitative estimate of drug-likeness (QED) is 0.482. The van der Waals surface area contributed by atoms with Crippen LogP contribution in [0, 0.1) is 0 Å². The van der Waals surface area contributed by atoms with Gasteiger partial charge in [0.15, 0.2) is 0 Å². The molecule has 1 aliphatic heterocycles. The summed E-state index contributed by atoms with van der Waals surface area (Å²) in [5.41, 5.74) is 0. The summed E-state index contributed by atoms with van der Waals surface area (Å²) in [6, 6.07) is 0. The molecule has 0 aromatic heterocycles. The van der Waals surface area contributed by atoms with Gasteiger partial charge >= 0.3 is 11.8 Å². The molecule has 0 amide bonds. The van der Waals surface area contributed by atoms with Crippen molar-refractivity contribution < 1.29 is 14.5 Å². The lowest BCUT2D eigenvalue weighted by Crippen LogP contribution is -2.32. The molecule has 0 atom stereocenters. The molecule has 4 nitrogen and oxygen atoms in total. The summed E-state index contributed by atoms with van der Waals surface area (Å²) >= 11 is 0. The van der Waals surface area contributed by atoms with Crippen LogP contribution in [0.4, 0.5) is 0 Å². The fourth-order valence-electron chi connectivity index (χ4n) is 1.13. The lowest BCUT2D eigenvalue weighted by molar-refractivity contribution is -0.486. The van der Waals surface area contributed by atoms with Gasteiger partial charge in [-0.05, 0) is 0 Å². The molecule has 0 bridgehead atoms. The molecular weight excluding hydrogens is 132 g/mol. The van der Waals surface area contributed by atoms with E-state index < -0.39 is 5.97 Å². The summed E-state index contributed by atoms with van der Waals surface area (Å²) in [6.45, 7) is 1.61. The van der Waals surface area contributed by atoms with Crippen LogP contribution < -0.4 is 0 Å². The first-order valence-corrected chi connectivity index (χ1v) is 3.15. The first-order chi connectivity index (χ1) is 4.63. The Kier molecular flexibility index (Phi) is 1.61. The van der Waals surface area contributed by atoms with Gasteiger partial charge in [-0.15, -0.1) is 0 Å². The highest BCUT2D eigenvalue weighted by Crippen LogP contribution is 1.95. The topological polar surface area (TPSA) is 43.5 Å². The molecule has 56 valence electrons. The number of hydrogen-bond acceptors (Lipinski definition) is 2. The minimum Gasteiger partial charge on any atom is -0.472 e. The molecule has 0 aromatic carbocycles. The molecule has 0 saturated heterocycles. The number of carbonyl (C=O) groups is 1. The predicted octanol–water partition coefficient (Wildman–Crippen LogP) is -0.943. The Labute approximate surface area is 59.4 Å². The molecule has 0 radical (unpaired) electrons. The third-order valence-electron chi connectivity index (χ3n) is 1.69. The molecular formula is C6H11N2O2+. The number of aliphatic carboxylic acids is 1. The number of rotatable bonds is 1. The van der Waals surface area contributed by atoms with Crippen LogP contribution in [-0.4, -0.2) is 53.6 Å².